The van der Waals surface area contributed by atoms with Gasteiger partial charge in [-0.3, -0.25) is 9.59 Å². The molecule has 0 bridgehead atoms. The summed E-state index contributed by atoms with van der Waals surface area (Å²) in [5, 5.41) is 13.5. The lowest BCUT2D eigenvalue weighted by molar-refractivity contribution is -0.113. The van der Waals surface area contributed by atoms with Crippen LogP contribution in [0.25, 0.3) is 0 Å². The number of aromatic nitrogens is 3. The molecule has 1 aliphatic rings. The molecular formula is C28H27N5O2S2. The van der Waals surface area contributed by atoms with Gasteiger partial charge >= 0.3 is 0 Å². The van der Waals surface area contributed by atoms with Crippen LogP contribution >= 0.6 is 23.1 Å². The predicted molar refractivity (Wildman–Crippen MR) is 150 cm³/mol. The quantitative estimate of drug-likeness (QED) is 0.220. The number of ketones is 1. The van der Waals surface area contributed by atoms with Crippen molar-refractivity contribution >= 4 is 46.4 Å². The van der Waals surface area contributed by atoms with E-state index in [-0.39, 0.29) is 17.4 Å². The number of allylic oxidation sites excluding steroid dienone is 1. The van der Waals surface area contributed by atoms with Crippen LogP contribution < -0.4 is 10.6 Å². The number of Topliss-reactive ketones (excluding diaryl/α,β-unsaturated/α-hetero) is 1. The van der Waals surface area contributed by atoms with Crippen LogP contribution in [0.15, 0.2) is 76.4 Å². The molecule has 1 aliphatic heterocycles. The van der Waals surface area contributed by atoms with Crippen LogP contribution in [0.1, 0.15) is 44.9 Å². The summed E-state index contributed by atoms with van der Waals surface area (Å²) in [5.74, 6) is 0.593. The summed E-state index contributed by atoms with van der Waals surface area (Å²) in [6.07, 6.45) is 0. The SMILES string of the molecule is CC1=C(C(=O)Nc2ccc(C)cc2C)[C@@H](c2cccs2)n2nc(SCC(=O)c3ccc(C)cc3)nc2N1. The Morgan fingerprint density at radius 2 is 1.81 bits per heavy atom. The lowest BCUT2D eigenvalue weighted by Gasteiger charge is -2.27. The Balaban J connectivity index is 1.41. The number of nitrogens with zero attached hydrogens (tertiary/aromatic N) is 3. The number of thioether (sulfide) groups is 1. The van der Waals surface area contributed by atoms with Crippen LogP contribution in [-0.2, 0) is 4.79 Å². The van der Waals surface area contributed by atoms with E-state index in [0.717, 1.165) is 27.3 Å². The minimum Gasteiger partial charge on any atom is -0.328 e. The summed E-state index contributed by atoms with van der Waals surface area (Å²) in [6.45, 7) is 7.88. The molecule has 7 nitrogen and oxygen atoms in total. The van der Waals surface area contributed by atoms with Gasteiger partial charge in [-0.05, 0) is 50.8 Å². The first-order valence-corrected chi connectivity index (χ1v) is 13.8. The van der Waals surface area contributed by atoms with Crippen LogP contribution in [-0.4, -0.2) is 32.2 Å². The highest BCUT2D eigenvalue weighted by molar-refractivity contribution is 7.99. The summed E-state index contributed by atoms with van der Waals surface area (Å²) >= 11 is 2.85. The molecule has 0 saturated heterocycles. The molecule has 4 aromatic rings. The standard InChI is InChI=1S/C28H27N5O2S2/c1-16-7-10-20(11-8-16)22(34)15-37-28-31-27-29-19(4)24(25(33(27)32-28)23-6-5-13-36-23)26(35)30-21-12-9-17(2)14-18(21)3/h5-14,25H,15H2,1-4H3,(H,30,35)(H,29,31,32)/t25-/m1/s1. The first kappa shape index (κ1) is 25.0. The fraction of sp³-hybridized carbons (Fsp3) is 0.214. The van der Waals surface area contributed by atoms with Crippen molar-refractivity contribution in [2.75, 3.05) is 16.4 Å². The number of thiophene rings is 1. The predicted octanol–water partition coefficient (Wildman–Crippen LogP) is 6.17. The van der Waals surface area contributed by atoms with Crippen molar-refractivity contribution in [2.24, 2.45) is 0 Å². The number of hydrogen-bond acceptors (Lipinski definition) is 7. The molecule has 37 heavy (non-hydrogen) atoms. The maximum absolute atomic E-state index is 13.6. The van der Waals surface area contributed by atoms with E-state index in [0.29, 0.717) is 27.9 Å². The van der Waals surface area contributed by atoms with Crippen molar-refractivity contribution in [3.8, 4) is 0 Å². The zero-order chi connectivity index (χ0) is 26.1. The molecular weight excluding hydrogens is 502 g/mol. The Kier molecular flexibility index (Phi) is 6.99. The van der Waals surface area contributed by atoms with Gasteiger partial charge in [0.2, 0.25) is 11.1 Å². The average Bonchev–Trinajstić information content (AvgIpc) is 3.54. The third-order valence-electron chi connectivity index (χ3n) is 6.23. The molecule has 0 saturated carbocycles. The lowest BCUT2D eigenvalue weighted by atomic mass is 10.0. The Morgan fingerprint density at radius 1 is 1.05 bits per heavy atom. The first-order chi connectivity index (χ1) is 17.8. The topological polar surface area (TPSA) is 88.9 Å². The molecule has 3 heterocycles. The van der Waals surface area contributed by atoms with Crippen molar-refractivity contribution in [1.82, 2.24) is 14.8 Å². The van der Waals surface area contributed by atoms with Gasteiger partial charge < -0.3 is 10.6 Å². The van der Waals surface area contributed by atoms with Crippen LogP contribution in [0.5, 0.6) is 0 Å². The number of fused-ring (bicyclic) bond motifs is 1. The van der Waals surface area contributed by atoms with Gasteiger partial charge in [0.25, 0.3) is 5.91 Å². The Hall–Kier alpha value is -3.69. The summed E-state index contributed by atoms with van der Waals surface area (Å²) in [6, 6.07) is 17.0. The average molecular weight is 530 g/mol. The Bertz CT molecular complexity index is 1500. The van der Waals surface area contributed by atoms with Gasteiger partial charge in [0.15, 0.2) is 5.78 Å². The minimum absolute atomic E-state index is 0.0170. The third-order valence-corrected chi connectivity index (χ3v) is 7.99. The number of rotatable bonds is 7. The summed E-state index contributed by atoms with van der Waals surface area (Å²) in [5.41, 5.74) is 5.98. The molecule has 0 spiro atoms. The Morgan fingerprint density at radius 3 is 2.51 bits per heavy atom. The molecule has 188 valence electrons. The molecule has 1 atom stereocenters. The molecule has 0 unspecified atom stereocenters. The van der Waals surface area contributed by atoms with Gasteiger partial charge in [-0.2, -0.15) is 4.98 Å². The first-order valence-electron chi connectivity index (χ1n) is 11.9. The lowest BCUT2D eigenvalue weighted by Crippen LogP contribution is -2.31. The molecule has 0 fully saturated rings. The fourth-order valence-corrected chi connectivity index (χ4v) is 5.83. The zero-order valence-electron chi connectivity index (χ0n) is 21.0. The molecule has 2 N–H and O–H groups in total. The van der Waals surface area contributed by atoms with E-state index in [2.05, 4.69) is 15.6 Å². The van der Waals surface area contributed by atoms with Crippen molar-refractivity contribution in [3.63, 3.8) is 0 Å². The number of hydrogen-bond donors (Lipinski definition) is 2. The van der Waals surface area contributed by atoms with E-state index in [4.69, 9.17) is 5.10 Å². The number of benzene rings is 2. The number of carbonyl (C=O) groups is 2. The van der Waals surface area contributed by atoms with Crippen molar-refractivity contribution in [3.05, 3.63) is 98.4 Å². The summed E-state index contributed by atoms with van der Waals surface area (Å²) in [4.78, 5) is 31.9. The molecule has 2 aromatic heterocycles. The van der Waals surface area contributed by atoms with Crippen molar-refractivity contribution < 1.29 is 9.59 Å². The fourth-order valence-electron chi connectivity index (χ4n) is 4.29. The molecule has 2 aromatic carbocycles. The largest absolute Gasteiger partial charge is 0.328 e. The highest BCUT2D eigenvalue weighted by atomic mass is 32.2. The molecule has 1 amide bonds. The second-order valence-corrected chi connectivity index (χ2v) is 11.0. The monoisotopic (exact) mass is 529 g/mol. The van der Waals surface area contributed by atoms with Gasteiger partial charge in [0, 0.05) is 21.8 Å². The van der Waals surface area contributed by atoms with E-state index in [1.807, 2.05) is 87.7 Å². The smallest absolute Gasteiger partial charge is 0.255 e. The van der Waals surface area contributed by atoms with Gasteiger partial charge in [-0.15, -0.1) is 16.4 Å². The number of nitrogens with one attached hydrogen (secondary N) is 2. The second kappa shape index (κ2) is 10.4. The highest BCUT2D eigenvalue weighted by Gasteiger charge is 2.35. The van der Waals surface area contributed by atoms with Crippen molar-refractivity contribution in [1.29, 1.82) is 0 Å². The maximum atomic E-state index is 13.6. The maximum Gasteiger partial charge on any atom is 0.255 e. The van der Waals surface area contributed by atoms with E-state index in [1.54, 1.807) is 16.0 Å². The van der Waals surface area contributed by atoms with Gasteiger partial charge in [0.05, 0.1) is 11.3 Å². The Labute approximate surface area is 224 Å². The summed E-state index contributed by atoms with van der Waals surface area (Å²) in [7, 11) is 0. The molecule has 0 radical (unpaired) electrons. The number of carbonyl (C=O) groups excluding carboxylic acids is 2. The number of aryl methyl sites for hydroxylation is 3. The van der Waals surface area contributed by atoms with Crippen LogP contribution in [0.4, 0.5) is 11.6 Å². The zero-order valence-corrected chi connectivity index (χ0v) is 22.7. The van der Waals surface area contributed by atoms with Gasteiger partial charge in [-0.1, -0.05) is 65.4 Å². The van der Waals surface area contributed by atoms with E-state index >= 15 is 0 Å². The van der Waals surface area contributed by atoms with Gasteiger partial charge in [-0.25, -0.2) is 4.68 Å². The van der Waals surface area contributed by atoms with E-state index in [9.17, 15) is 9.59 Å². The summed E-state index contributed by atoms with van der Waals surface area (Å²) < 4.78 is 1.74. The van der Waals surface area contributed by atoms with Crippen LogP contribution in [0.2, 0.25) is 0 Å². The molecule has 9 heteroatoms. The molecule has 5 rings (SSSR count). The third kappa shape index (κ3) is 5.23. The van der Waals surface area contributed by atoms with Gasteiger partial charge in [0.1, 0.15) is 6.04 Å². The van der Waals surface area contributed by atoms with E-state index in [1.165, 1.54) is 11.8 Å². The van der Waals surface area contributed by atoms with Crippen molar-refractivity contribution in [2.45, 2.75) is 38.9 Å². The molecule has 0 aliphatic carbocycles. The number of amides is 1. The van der Waals surface area contributed by atoms with Crippen LogP contribution in [0.3, 0.4) is 0 Å². The highest BCUT2D eigenvalue weighted by Crippen LogP contribution is 2.38. The normalized spacial score (nSPS) is 14.8. The van der Waals surface area contributed by atoms with E-state index < -0.39 is 6.04 Å². The van der Waals surface area contributed by atoms with Crippen LogP contribution in [0, 0.1) is 20.8 Å². The minimum atomic E-state index is -0.434. The second-order valence-electron chi connectivity index (χ2n) is 9.09. The number of anilines is 2.